The predicted octanol–water partition coefficient (Wildman–Crippen LogP) is -0.604. The third-order valence-electron chi connectivity index (χ3n) is 1.73. The number of hydrogen-bond donors (Lipinski definition) is 3. The molecule has 0 aliphatic carbocycles. The molecule has 3 N–H and O–H groups in total. The first-order valence-electron chi connectivity index (χ1n) is 4.31. The van der Waals surface area contributed by atoms with Gasteiger partial charge in [0.1, 0.15) is 5.69 Å². The molecule has 0 radical (unpaired) electrons. The van der Waals surface area contributed by atoms with E-state index in [1.165, 1.54) is 12.1 Å². The number of rotatable bonds is 4. The number of carbonyl (C=O) groups excluding carboxylic acids is 1. The van der Waals surface area contributed by atoms with Crippen LogP contribution in [0.4, 0.5) is 4.39 Å². The van der Waals surface area contributed by atoms with Gasteiger partial charge in [-0.15, -0.1) is 0 Å². The van der Waals surface area contributed by atoms with Crippen molar-refractivity contribution in [1.29, 1.82) is 0 Å². The lowest BCUT2D eigenvalue weighted by atomic mass is 10.3. The van der Waals surface area contributed by atoms with Gasteiger partial charge >= 0.3 is 5.97 Å². The molecule has 1 aromatic rings. The molecular weight excluding hydrogens is 219 g/mol. The molecule has 6 nitrogen and oxygen atoms in total. The summed E-state index contributed by atoms with van der Waals surface area (Å²) in [5.41, 5.74) is -0.250. The fourth-order valence-electron chi connectivity index (χ4n) is 0.952. The first-order chi connectivity index (χ1) is 7.54. The van der Waals surface area contributed by atoms with E-state index in [0.717, 1.165) is 6.07 Å². The van der Waals surface area contributed by atoms with E-state index < -0.39 is 30.5 Å². The zero-order chi connectivity index (χ0) is 12.1. The fraction of sp³-hybridized carbons (Fsp3) is 0.222. The molecule has 0 fully saturated rings. The summed E-state index contributed by atoms with van der Waals surface area (Å²) in [7, 11) is 0. The van der Waals surface area contributed by atoms with Crippen LogP contribution in [0, 0.1) is 5.95 Å². The number of carboxylic acid groups (broad SMARTS) is 1. The zero-order valence-corrected chi connectivity index (χ0v) is 8.05. The van der Waals surface area contributed by atoms with Gasteiger partial charge in [-0.25, -0.2) is 9.78 Å². The second-order valence-electron chi connectivity index (χ2n) is 2.89. The smallest absolute Gasteiger partial charge is 0.328 e. The highest BCUT2D eigenvalue weighted by atomic mass is 19.1. The molecule has 86 valence electrons. The molecule has 0 aliphatic rings. The van der Waals surface area contributed by atoms with E-state index in [1.54, 1.807) is 0 Å². The van der Waals surface area contributed by atoms with E-state index in [4.69, 9.17) is 10.2 Å². The third-order valence-corrected chi connectivity index (χ3v) is 1.73. The van der Waals surface area contributed by atoms with Crippen molar-refractivity contribution >= 4 is 11.9 Å². The molecule has 0 bridgehead atoms. The number of nitrogens with zero attached hydrogens (tertiary/aromatic N) is 1. The Morgan fingerprint density at radius 1 is 1.50 bits per heavy atom. The predicted molar refractivity (Wildman–Crippen MR) is 50.2 cm³/mol. The number of carbonyl (C=O) groups is 2. The minimum absolute atomic E-state index is 0.250. The van der Waals surface area contributed by atoms with Crippen LogP contribution in [-0.4, -0.2) is 39.7 Å². The Hall–Kier alpha value is -2.02. The largest absolute Gasteiger partial charge is 0.480 e. The molecule has 7 heteroatoms. The monoisotopic (exact) mass is 228 g/mol. The number of amides is 1. The van der Waals surface area contributed by atoms with E-state index in [2.05, 4.69) is 4.98 Å². The summed E-state index contributed by atoms with van der Waals surface area (Å²) in [6.07, 6.45) is 0. The summed E-state index contributed by atoms with van der Waals surface area (Å²) in [6.45, 7) is -0.754. The van der Waals surface area contributed by atoms with Crippen molar-refractivity contribution in [3.8, 4) is 0 Å². The van der Waals surface area contributed by atoms with Crippen LogP contribution in [0.1, 0.15) is 10.5 Å². The number of aliphatic carboxylic acids is 1. The summed E-state index contributed by atoms with van der Waals surface area (Å²) < 4.78 is 12.6. The number of aliphatic hydroxyl groups excluding tert-OH is 1. The highest BCUT2D eigenvalue weighted by molar-refractivity contribution is 5.94. The average molecular weight is 228 g/mol. The molecule has 0 spiro atoms. The molecule has 0 saturated heterocycles. The molecule has 0 saturated carbocycles. The van der Waals surface area contributed by atoms with E-state index in [9.17, 15) is 14.0 Å². The van der Waals surface area contributed by atoms with Crippen LogP contribution in [0.2, 0.25) is 0 Å². The lowest BCUT2D eigenvalue weighted by Crippen LogP contribution is -2.43. The topological polar surface area (TPSA) is 99.5 Å². The Morgan fingerprint density at radius 2 is 2.19 bits per heavy atom. The highest BCUT2D eigenvalue weighted by Crippen LogP contribution is 1.98. The van der Waals surface area contributed by atoms with Gasteiger partial charge in [-0.05, 0) is 12.1 Å². The van der Waals surface area contributed by atoms with Gasteiger partial charge < -0.3 is 15.5 Å². The maximum absolute atomic E-state index is 12.6. The quantitative estimate of drug-likeness (QED) is 0.597. The Morgan fingerprint density at radius 3 is 2.69 bits per heavy atom. The first kappa shape index (κ1) is 12.1. The Bertz CT molecular complexity index is 410. The molecule has 16 heavy (non-hydrogen) atoms. The lowest BCUT2D eigenvalue weighted by Gasteiger charge is -2.10. The van der Waals surface area contributed by atoms with Gasteiger partial charge in [0.2, 0.25) is 5.95 Å². The van der Waals surface area contributed by atoms with E-state index in [-0.39, 0.29) is 5.69 Å². The van der Waals surface area contributed by atoms with E-state index >= 15 is 0 Å². The number of pyridine rings is 1. The summed E-state index contributed by atoms with van der Waals surface area (Å²) in [6, 6.07) is 2.12. The van der Waals surface area contributed by atoms with Gasteiger partial charge in [0.15, 0.2) is 6.04 Å². The van der Waals surface area contributed by atoms with Crippen LogP contribution >= 0.6 is 0 Å². The Labute approximate surface area is 89.7 Å². The molecule has 1 atom stereocenters. The van der Waals surface area contributed by atoms with Gasteiger partial charge in [-0.2, -0.15) is 4.39 Å². The number of aliphatic hydroxyl groups is 1. The van der Waals surface area contributed by atoms with Crippen molar-refractivity contribution in [2.45, 2.75) is 6.04 Å². The maximum atomic E-state index is 12.6. The molecule has 1 amide bonds. The number of nitrogens with one attached hydrogen (secondary N) is 1. The molecular formula is C9H9FN2O4. The molecule has 1 aromatic heterocycles. The molecule has 0 aromatic carbocycles. The van der Waals surface area contributed by atoms with Crippen LogP contribution in [0.15, 0.2) is 18.2 Å². The van der Waals surface area contributed by atoms with Gasteiger partial charge in [0.25, 0.3) is 5.91 Å². The van der Waals surface area contributed by atoms with Crippen molar-refractivity contribution < 1.29 is 24.2 Å². The summed E-state index contributed by atoms with van der Waals surface area (Å²) in [5, 5.41) is 19.2. The van der Waals surface area contributed by atoms with Crippen molar-refractivity contribution in [2.75, 3.05) is 6.61 Å². The minimum atomic E-state index is -1.43. The van der Waals surface area contributed by atoms with Crippen LogP contribution in [0.5, 0.6) is 0 Å². The zero-order valence-electron chi connectivity index (χ0n) is 8.05. The molecule has 1 rings (SSSR count). The maximum Gasteiger partial charge on any atom is 0.328 e. The van der Waals surface area contributed by atoms with Crippen molar-refractivity contribution in [1.82, 2.24) is 10.3 Å². The number of carboxylic acids is 1. The van der Waals surface area contributed by atoms with Gasteiger partial charge in [-0.1, -0.05) is 6.07 Å². The molecule has 0 unspecified atom stereocenters. The van der Waals surface area contributed by atoms with Crippen LogP contribution in [0.25, 0.3) is 0 Å². The van der Waals surface area contributed by atoms with Crippen LogP contribution in [-0.2, 0) is 4.79 Å². The number of aromatic nitrogens is 1. The Balaban J connectivity index is 2.75. The van der Waals surface area contributed by atoms with Gasteiger partial charge in [-0.3, -0.25) is 4.79 Å². The van der Waals surface area contributed by atoms with Gasteiger partial charge in [0, 0.05) is 0 Å². The van der Waals surface area contributed by atoms with Crippen molar-refractivity contribution in [3.63, 3.8) is 0 Å². The minimum Gasteiger partial charge on any atom is -0.480 e. The molecule has 0 aliphatic heterocycles. The van der Waals surface area contributed by atoms with Crippen LogP contribution < -0.4 is 5.32 Å². The SMILES string of the molecule is O=C(N[C@@H](CO)C(=O)O)c1cccc(F)n1. The summed E-state index contributed by atoms with van der Waals surface area (Å²) in [4.78, 5) is 25.1. The van der Waals surface area contributed by atoms with E-state index in [0.29, 0.717) is 0 Å². The standard InChI is InChI=1S/C9H9FN2O4/c10-7-3-1-2-5(11-7)8(14)12-6(4-13)9(15)16/h1-3,6,13H,4H2,(H,12,14)(H,15,16)/t6-/m0/s1. The molecule has 1 heterocycles. The second-order valence-corrected chi connectivity index (χ2v) is 2.89. The normalized spacial score (nSPS) is 11.9. The third kappa shape index (κ3) is 2.99. The van der Waals surface area contributed by atoms with Crippen molar-refractivity contribution in [2.24, 2.45) is 0 Å². The van der Waals surface area contributed by atoms with Crippen molar-refractivity contribution in [3.05, 3.63) is 29.8 Å². The first-order valence-corrected chi connectivity index (χ1v) is 4.31. The summed E-state index contributed by atoms with van der Waals surface area (Å²) >= 11 is 0. The van der Waals surface area contributed by atoms with Crippen LogP contribution in [0.3, 0.4) is 0 Å². The van der Waals surface area contributed by atoms with Gasteiger partial charge in [0.05, 0.1) is 6.61 Å². The van der Waals surface area contributed by atoms with E-state index in [1.807, 2.05) is 5.32 Å². The fourth-order valence-corrected chi connectivity index (χ4v) is 0.952. The highest BCUT2D eigenvalue weighted by Gasteiger charge is 2.20. The second kappa shape index (κ2) is 5.17. The lowest BCUT2D eigenvalue weighted by molar-refractivity contribution is -0.140. The summed E-state index contributed by atoms with van der Waals surface area (Å²) in [5.74, 6) is -3.09. The number of hydrogen-bond acceptors (Lipinski definition) is 4. The average Bonchev–Trinajstić information content (AvgIpc) is 2.25. The Kier molecular flexibility index (Phi) is 3.90. The number of halogens is 1.